The van der Waals surface area contributed by atoms with Crippen molar-refractivity contribution >= 4 is 23.2 Å². The predicted octanol–water partition coefficient (Wildman–Crippen LogP) is 2.23. The molecule has 0 fully saturated rings. The maximum absolute atomic E-state index is 11.4. The summed E-state index contributed by atoms with van der Waals surface area (Å²) in [6, 6.07) is 14.0. The Balaban J connectivity index is 2.35. The van der Waals surface area contributed by atoms with E-state index in [0.29, 0.717) is 22.5 Å². The van der Waals surface area contributed by atoms with Crippen LogP contribution in [0.25, 0.3) is 0 Å². The van der Waals surface area contributed by atoms with Crippen molar-refractivity contribution in [2.45, 2.75) is 0 Å². The lowest BCUT2D eigenvalue weighted by atomic mass is 10.1. The third-order valence-corrected chi connectivity index (χ3v) is 2.94. The molecule has 24 heavy (non-hydrogen) atoms. The van der Waals surface area contributed by atoms with E-state index >= 15 is 0 Å². The summed E-state index contributed by atoms with van der Waals surface area (Å²) >= 11 is 0. The molecule has 0 aliphatic rings. The van der Waals surface area contributed by atoms with Crippen LogP contribution in [-0.2, 0) is 9.59 Å². The second kappa shape index (κ2) is 7.90. The van der Waals surface area contributed by atoms with E-state index in [2.05, 4.69) is 22.5 Å². The minimum absolute atomic E-state index is 0.512. The molecule has 2 aromatic rings. The number of carbonyl (C=O) groups excluding carboxylic acids is 2. The second-order valence-corrected chi connectivity index (χ2v) is 4.54. The van der Waals surface area contributed by atoms with Crippen molar-refractivity contribution in [3.05, 3.63) is 59.7 Å². The van der Waals surface area contributed by atoms with E-state index in [-0.39, 0.29) is 0 Å². The van der Waals surface area contributed by atoms with Crippen LogP contribution in [0.5, 0.6) is 0 Å². The Bertz CT molecular complexity index is 859. The average Bonchev–Trinajstić information content (AvgIpc) is 2.61. The molecule has 4 nitrogen and oxygen atoms in total. The Labute approximate surface area is 140 Å². The first-order chi connectivity index (χ1) is 11.6. The number of para-hydroxylation sites is 2. The third kappa shape index (κ3) is 4.28. The Morgan fingerprint density at radius 1 is 0.708 bits per heavy atom. The minimum Gasteiger partial charge on any atom is -0.314 e. The highest BCUT2D eigenvalue weighted by Gasteiger charge is 2.04. The fourth-order valence-electron chi connectivity index (χ4n) is 1.85. The SMILES string of the molecule is C#CC(=O)Nc1ccccc1C#Cc1ccccc1NC(=O)C#C. The number of hydrogen-bond acceptors (Lipinski definition) is 2. The zero-order valence-electron chi connectivity index (χ0n) is 12.6. The molecule has 0 atom stereocenters. The van der Waals surface area contributed by atoms with E-state index in [4.69, 9.17) is 12.8 Å². The van der Waals surface area contributed by atoms with Gasteiger partial charge in [0.1, 0.15) is 0 Å². The van der Waals surface area contributed by atoms with Crippen molar-refractivity contribution in [1.82, 2.24) is 0 Å². The molecule has 2 aromatic carbocycles. The Morgan fingerprint density at radius 2 is 1.08 bits per heavy atom. The van der Waals surface area contributed by atoms with Gasteiger partial charge in [-0.05, 0) is 36.1 Å². The van der Waals surface area contributed by atoms with Crippen LogP contribution in [0.1, 0.15) is 11.1 Å². The van der Waals surface area contributed by atoms with E-state index in [9.17, 15) is 9.59 Å². The first-order valence-corrected chi connectivity index (χ1v) is 6.89. The highest BCUT2D eigenvalue weighted by molar-refractivity contribution is 6.05. The third-order valence-electron chi connectivity index (χ3n) is 2.94. The van der Waals surface area contributed by atoms with Crippen molar-refractivity contribution < 1.29 is 9.59 Å². The van der Waals surface area contributed by atoms with Gasteiger partial charge in [0.05, 0.1) is 11.4 Å². The molecule has 2 rings (SSSR count). The molecule has 0 aliphatic heterocycles. The van der Waals surface area contributed by atoms with Crippen molar-refractivity contribution in [2.75, 3.05) is 10.6 Å². The van der Waals surface area contributed by atoms with Gasteiger partial charge >= 0.3 is 0 Å². The lowest BCUT2D eigenvalue weighted by molar-refractivity contribution is -0.112. The smallest absolute Gasteiger partial charge is 0.300 e. The van der Waals surface area contributed by atoms with Gasteiger partial charge in [-0.25, -0.2) is 0 Å². The number of anilines is 2. The topological polar surface area (TPSA) is 58.2 Å². The van der Waals surface area contributed by atoms with Crippen LogP contribution >= 0.6 is 0 Å². The number of hydrogen-bond donors (Lipinski definition) is 2. The summed E-state index contributed by atoms with van der Waals surface area (Å²) < 4.78 is 0. The highest BCUT2D eigenvalue weighted by atomic mass is 16.2. The Morgan fingerprint density at radius 3 is 1.46 bits per heavy atom. The van der Waals surface area contributed by atoms with Crippen molar-refractivity contribution in [3.8, 4) is 36.5 Å². The van der Waals surface area contributed by atoms with Gasteiger partial charge in [-0.15, -0.1) is 12.8 Å². The fraction of sp³-hybridized carbons (Fsp3) is 0. The van der Waals surface area contributed by atoms with Gasteiger partial charge in [-0.2, -0.15) is 0 Å². The first-order valence-electron chi connectivity index (χ1n) is 6.89. The summed E-state index contributed by atoms with van der Waals surface area (Å²) in [6.45, 7) is 0. The molecule has 0 saturated carbocycles. The molecular formula is C20H12N2O2. The van der Waals surface area contributed by atoms with Crippen molar-refractivity contribution in [2.24, 2.45) is 0 Å². The van der Waals surface area contributed by atoms with Crippen LogP contribution in [0.4, 0.5) is 11.4 Å². The largest absolute Gasteiger partial charge is 0.314 e. The molecule has 2 N–H and O–H groups in total. The van der Waals surface area contributed by atoms with Gasteiger partial charge in [0.15, 0.2) is 0 Å². The lowest BCUT2D eigenvalue weighted by Crippen LogP contribution is -2.09. The zero-order valence-corrected chi connectivity index (χ0v) is 12.6. The molecule has 0 spiro atoms. The molecule has 0 bridgehead atoms. The minimum atomic E-state index is -0.550. The van der Waals surface area contributed by atoms with Crippen LogP contribution in [0.3, 0.4) is 0 Å². The molecule has 0 radical (unpaired) electrons. The summed E-state index contributed by atoms with van der Waals surface area (Å²) in [5.41, 5.74) is 2.22. The van der Waals surface area contributed by atoms with Crippen LogP contribution in [0.15, 0.2) is 48.5 Å². The molecule has 4 heteroatoms. The fourth-order valence-corrected chi connectivity index (χ4v) is 1.85. The van der Waals surface area contributed by atoms with Crippen LogP contribution < -0.4 is 10.6 Å². The Kier molecular flexibility index (Phi) is 5.41. The molecule has 2 amide bonds. The average molecular weight is 312 g/mol. The normalized spacial score (nSPS) is 8.75. The van der Waals surface area contributed by atoms with Crippen LogP contribution in [-0.4, -0.2) is 11.8 Å². The summed E-state index contributed by atoms with van der Waals surface area (Å²) in [7, 11) is 0. The van der Waals surface area contributed by atoms with Crippen molar-refractivity contribution in [1.29, 1.82) is 0 Å². The standard InChI is InChI=1S/C20H12N2O2/c1-3-19(23)21-17-11-7-5-9-15(17)13-14-16-10-6-8-12-18(16)22-20(24)4-2/h1-2,5-12H,(H,21,23)(H,22,24). The van der Waals surface area contributed by atoms with E-state index in [0.717, 1.165) is 0 Å². The summed E-state index contributed by atoms with van der Waals surface area (Å²) in [6.07, 6.45) is 10.1. The quantitative estimate of drug-likeness (QED) is 0.836. The molecule has 114 valence electrons. The van der Waals surface area contributed by atoms with Gasteiger partial charge in [0.25, 0.3) is 11.8 Å². The van der Waals surface area contributed by atoms with Gasteiger partial charge < -0.3 is 10.6 Å². The first kappa shape index (κ1) is 16.4. The summed E-state index contributed by atoms with van der Waals surface area (Å²) in [4.78, 5) is 22.7. The number of amides is 2. The molecule has 0 aromatic heterocycles. The van der Waals surface area contributed by atoms with E-state index < -0.39 is 11.8 Å². The monoisotopic (exact) mass is 312 g/mol. The molecule has 0 saturated heterocycles. The van der Waals surface area contributed by atoms with Gasteiger partial charge in [-0.3, -0.25) is 9.59 Å². The maximum Gasteiger partial charge on any atom is 0.300 e. The molecule has 0 unspecified atom stereocenters. The maximum atomic E-state index is 11.4. The molecule has 0 heterocycles. The van der Waals surface area contributed by atoms with Crippen LogP contribution in [0.2, 0.25) is 0 Å². The molecule has 0 aliphatic carbocycles. The summed E-state index contributed by atoms with van der Waals surface area (Å²) in [5.74, 6) is 8.78. The lowest BCUT2D eigenvalue weighted by Gasteiger charge is -2.05. The second-order valence-electron chi connectivity index (χ2n) is 4.54. The van der Waals surface area contributed by atoms with E-state index in [1.54, 1.807) is 48.5 Å². The van der Waals surface area contributed by atoms with Gasteiger partial charge in [-0.1, -0.05) is 36.1 Å². The van der Waals surface area contributed by atoms with Crippen LogP contribution in [0, 0.1) is 36.5 Å². The van der Waals surface area contributed by atoms with Crippen molar-refractivity contribution in [3.63, 3.8) is 0 Å². The number of terminal acetylenes is 2. The van der Waals surface area contributed by atoms with E-state index in [1.807, 2.05) is 11.8 Å². The number of benzene rings is 2. The van der Waals surface area contributed by atoms with Gasteiger partial charge in [0.2, 0.25) is 0 Å². The highest BCUT2D eigenvalue weighted by Crippen LogP contribution is 2.16. The van der Waals surface area contributed by atoms with E-state index in [1.165, 1.54) is 0 Å². The van der Waals surface area contributed by atoms with Gasteiger partial charge in [0, 0.05) is 11.1 Å². The summed E-state index contributed by atoms with van der Waals surface area (Å²) in [5, 5.41) is 5.16. The predicted molar refractivity (Wildman–Crippen MR) is 93.8 cm³/mol. The zero-order chi connectivity index (χ0) is 17.4. The number of rotatable bonds is 2. The number of nitrogens with one attached hydrogen (secondary N) is 2. The number of carbonyl (C=O) groups is 2. The molecular weight excluding hydrogens is 300 g/mol. The Hall–Kier alpha value is -3.94.